The van der Waals surface area contributed by atoms with Crippen molar-refractivity contribution in [2.45, 2.75) is 0 Å². The van der Waals surface area contributed by atoms with Crippen LogP contribution in [-0.2, 0) is 0 Å². The minimum atomic E-state index is 0.650. The lowest BCUT2D eigenvalue weighted by Gasteiger charge is -2.15. The second kappa shape index (κ2) is 14.2. The third-order valence-corrected chi connectivity index (χ3v) is 13.5. The molecule has 4 heterocycles. The summed E-state index contributed by atoms with van der Waals surface area (Å²) in [6.07, 6.45) is 0. The van der Waals surface area contributed by atoms with Crippen molar-refractivity contribution in [3.8, 4) is 56.7 Å². The molecule has 294 valence electrons. The smallest absolute Gasteiger partial charge is 0.164 e. The van der Waals surface area contributed by atoms with Crippen molar-refractivity contribution < 1.29 is 0 Å². The molecule has 0 unspecified atom stereocenters. The second-order valence-corrected chi connectivity index (χ2v) is 17.1. The molecule has 4 aromatic heterocycles. The lowest BCUT2D eigenvalue weighted by molar-refractivity contribution is 1.07. The zero-order chi connectivity index (χ0) is 41.4. The molecule has 0 aliphatic rings. The van der Waals surface area contributed by atoms with Gasteiger partial charge in [0.2, 0.25) is 0 Å². The molecular weight excluding hydrogens is 787 g/mol. The molecule has 5 nitrogen and oxygen atoms in total. The van der Waals surface area contributed by atoms with Gasteiger partial charge in [-0.25, -0.2) is 15.0 Å². The number of hydrogen-bond donors (Lipinski definition) is 0. The third kappa shape index (κ3) is 5.66. The van der Waals surface area contributed by atoms with E-state index in [1.54, 1.807) is 0 Å². The normalized spacial score (nSPS) is 11.8. The van der Waals surface area contributed by atoms with Crippen molar-refractivity contribution >= 4 is 75.1 Å². The van der Waals surface area contributed by atoms with E-state index >= 15 is 0 Å². The van der Waals surface area contributed by atoms with Crippen molar-refractivity contribution in [3.63, 3.8) is 0 Å². The van der Waals surface area contributed by atoms with E-state index in [2.05, 4.69) is 185 Å². The predicted molar refractivity (Wildman–Crippen MR) is 263 cm³/mol. The van der Waals surface area contributed by atoms with Gasteiger partial charge in [0, 0.05) is 64.1 Å². The molecular formula is C57H35N5S. The van der Waals surface area contributed by atoms with Gasteiger partial charge in [0.1, 0.15) is 0 Å². The van der Waals surface area contributed by atoms with Crippen molar-refractivity contribution in [2.75, 3.05) is 0 Å². The molecule has 0 aliphatic heterocycles. The molecule has 13 aromatic rings. The van der Waals surface area contributed by atoms with Crippen LogP contribution in [0.15, 0.2) is 212 Å². The highest BCUT2D eigenvalue weighted by molar-refractivity contribution is 7.26. The number of hydrogen-bond acceptors (Lipinski definition) is 4. The van der Waals surface area contributed by atoms with Gasteiger partial charge in [0.25, 0.3) is 0 Å². The Morgan fingerprint density at radius 2 is 0.873 bits per heavy atom. The number of thiophene rings is 1. The number of rotatable bonds is 6. The lowest BCUT2D eigenvalue weighted by atomic mass is 10.0. The SMILES string of the molecule is c1ccc(-c2ccc3c(c2)c2ccccc2n3-c2cccc3c4ccc5sc6cc(-c7nc(-c8ccccc8)nc(-c8ccccc8)n7)ccc6c5c4n(-c4ccccc4)c23)cc1. The van der Waals surface area contributed by atoms with E-state index in [-0.39, 0.29) is 0 Å². The van der Waals surface area contributed by atoms with Gasteiger partial charge in [-0.15, -0.1) is 11.3 Å². The average Bonchev–Trinajstić information content (AvgIpc) is 4.02. The van der Waals surface area contributed by atoms with E-state index < -0.39 is 0 Å². The first kappa shape index (κ1) is 35.6. The number of fused-ring (bicyclic) bond motifs is 10. The highest BCUT2D eigenvalue weighted by Crippen LogP contribution is 2.46. The summed E-state index contributed by atoms with van der Waals surface area (Å²) >= 11 is 1.82. The Balaban J connectivity index is 1.06. The first-order valence-electron chi connectivity index (χ1n) is 21.2. The van der Waals surface area contributed by atoms with Gasteiger partial charge in [-0.1, -0.05) is 164 Å². The molecule has 0 N–H and O–H groups in total. The molecule has 13 rings (SSSR count). The second-order valence-electron chi connectivity index (χ2n) is 16.0. The first-order chi connectivity index (χ1) is 31.2. The maximum atomic E-state index is 5.07. The molecule has 0 bridgehead atoms. The summed E-state index contributed by atoms with van der Waals surface area (Å²) in [5, 5.41) is 7.34. The molecule has 0 saturated carbocycles. The van der Waals surface area contributed by atoms with E-state index in [4.69, 9.17) is 15.0 Å². The van der Waals surface area contributed by atoms with Crippen LogP contribution in [0.3, 0.4) is 0 Å². The number of aromatic nitrogens is 5. The Morgan fingerprint density at radius 3 is 1.59 bits per heavy atom. The van der Waals surface area contributed by atoms with Crippen LogP contribution in [0, 0.1) is 0 Å². The summed E-state index contributed by atoms with van der Waals surface area (Å²) in [4.78, 5) is 15.1. The highest BCUT2D eigenvalue weighted by atomic mass is 32.1. The molecule has 0 amide bonds. The summed E-state index contributed by atoms with van der Waals surface area (Å²) in [6.45, 7) is 0. The Morgan fingerprint density at radius 1 is 0.317 bits per heavy atom. The Kier molecular flexibility index (Phi) is 8.01. The van der Waals surface area contributed by atoms with Crippen LogP contribution in [0.1, 0.15) is 0 Å². The zero-order valence-electron chi connectivity index (χ0n) is 33.9. The first-order valence-corrected chi connectivity index (χ1v) is 22.0. The van der Waals surface area contributed by atoms with Gasteiger partial charge in [0.05, 0.1) is 27.8 Å². The van der Waals surface area contributed by atoms with Crippen LogP contribution in [0.2, 0.25) is 0 Å². The topological polar surface area (TPSA) is 48.5 Å². The van der Waals surface area contributed by atoms with Crippen LogP contribution in [0.4, 0.5) is 0 Å². The molecule has 0 fully saturated rings. The van der Waals surface area contributed by atoms with Crippen molar-refractivity contribution in [1.29, 1.82) is 0 Å². The Bertz CT molecular complexity index is 3830. The zero-order valence-corrected chi connectivity index (χ0v) is 34.7. The van der Waals surface area contributed by atoms with Crippen LogP contribution in [0.5, 0.6) is 0 Å². The fourth-order valence-electron chi connectivity index (χ4n) is 9.53. The Labute approximate surface area is 366 Å². The van der Waals surface area contributed by atoms with Gasteiger partial charge in [-0.3, -0.25) is 0 Å². The fourth-order valence-corrected chi connectivity index (χ4v) is 10.7. The quantitative estimate of drug-likeness (QED) is 0.168. The number of para-hydroxylation sites is 3. The van der Waals surface area contributed by atoms with Gasteiger partial charge in [-0.2, -0.15) is 0 Å². The predicted octanol–water partition coefficient (Wildman–Crippen LogP) is 15.1. The van der Waals surface area contributed by atoms with E-state index in [0.717, 1.165) is 28.1 Å². The summed E-state index contributed by atoms with van der Waals surface area (Å²) < 4.78 is 7.38. The van der Waals surface area contributed by atoms with E-state index in [1.165, 1.54) is 74.9 Å². The van der Waals surface area contributed by atoms with Gasteiger partial charge < -0.3 is 9.13 Å². The minimum Gasteiger partial charge on any atom is -0.307 e. The average molecular weight is 822 g/mol. The maximum Gasteiger partial charge on any atom is 0.164 e. The van der Waals surface area contributed by atoms with Gasteiger partial charge in [-0.05, 0) is 59.7 Å². The van der Waals surface area contributed by atoms with E-state index in [1.807, 2.05) is 47.7 Å². The number of nitrogens with zero attached hydrogens (tertiary/aromatic N) is 5. The Hall–Kier alpha value is -8.19. The fraction of sp³-hybridized carbons (Fsp3) is 0. The van der Waals surface area contributed by atoms with Gasteiger partial charge >= 0.3 is 0 Å². The van der Waals surface area contributed by atoms with Crippen LogP contribution in [0.25, 0.3) is 120 Å². The molecule has 0 spiro atoms. The van der Waals surface area contributed by atoms with Gasteiger partial charge in [0.15, 0.2) is 17.5 Å². The van der Waals surface area contributed by atoms with Crippen LogP contribution < -0.4 is 0 Å². The summed E-state index contributed by atoms with van der Waals surface area (Å²) in [5.74, 6) is 1.96. The van der Waals surface area contributed by atoms with Crippen molar-refractivity contribution in [1.82, 2.24) is 24.1 Å². The van der Waals surface area contributed by atoms with Crippen molar-refractivity contribution in [2.24, 2.45) is 0 Å². The monoisotopic (exact) mass is 821 g/mol. The van der Waals surface area contributed by atoms with Crippen LogP contribution in [-0.4, -0.2) is 24.1 Å². The minimum absolute atomic E-state index is 0.650. The molecule has 0 aliphatic carbocycles. The standard InChI is InChI=1S/C57H35N5S/c1-5-16-36(17-6-1)39-29-32-48-46(34-39)42-24-13-14-26-47(42)62(48)49-27-15-25-43-44-31-33-50-52(54(44)61(53(43)49)41-22-11-4-12-23-41)45-30-28-40(35-51(45)63-50)57-59-55(37-18-7-2-8-19-37)58-56(60-57)38-20-9-3-10-21-38/h1-35H. The molecule has 63 heavy (non-hydrogen) atoms. The molecule has 6 heteroatoms. The number of benzene rings is 9. The summed E-state index contributed by atoms with van der Waals surface area (Å²) in [7, 11) is 0. The molecule has 9 aromatic carbocycles. The largest absolute Gasteiger partial charge is 0.307 e. The maximum absolute atomic E-state index is 5.07. The van der Waals surface area contributed by atoms with Crippen molar-refractivity contribution in [3.05, 3.63) is 212 Å². The van der Waals surface area contributed by atoms with Crippen LogP contribution >= 0.6 is 11.3 Å². The molecule has 0 radical (unpaired) electrons. The lowest BCUT2D eigenvalue weighted by Crippen LogP contribution is -2.00. The third-order valence-electron chi connectivity index (χ3n) is 12.4. The molecule has 0 atom stereocenters. The van der Waals surface area contributed by atoms with E-state index in [9.17, 15) is 0 Å². The summed E-state index contributed by atoms with van der Waals surface area (Å²) in [5.41, 5.74) is 12.3. The summed E-state index contributed by atoms with van der Waals surface area (Å²) in [6, 6.07) is 75.7. The van der Waals surface area contributed by atoms with E-state index in [0.29, 0.717) is 17.5 Å². The molecule has 0 saturated heterocycles. The highest BCUT2D eigenvalue weighted by Gasteiger charge is 2.23.